The van der Waals surface area contributed by atoms with E-state index in [2.05, 4.69) is 19.9 Å². The molecule has 1 aliphatic rings. The molecule has 0 amide bonds. The minimum Gasteiger partial charge on any atom is -0.376 e. The van der Waals surface area contributed by atoms with E-state index in [9.17, 15) is 8.42 Å². The van der Waals surface area contributed by atoms with Crippen LogP contribution in [0.25, 0.3) is 22.3 Å². The maximum atomic E-state index is 12.9. The number of aryl methyl sites for hydroxylation is 2. The van der Waals surface area contributed by atoms with E-state index in [0.717, 1.165) is 28.8 Å². The fourth-order valence-electron chi connectivity index (χ4n) is 3.81. The predicted molar refractivity (Wildman–Crippen MR) is 111 cm³/mol. The van der Waals surface area contributed by atoms with Crippen LogP contribution in [0.1, 0.15) is 11.3 Å². The highest BCUT2D eigenvalue weighted by molar-refractivity contribution is 7.92. The third-order valence-corrected chi connectivity index (χ3v) is 6.65. The first kappa shape index (κ1) is 18.8. The van der Waals surface area contributed by atoms with Crippen LogP contribution < -0.4 is 4.72 Å². The van der Waals surface area contributed by atoms with Crippen LogP contribution in [0.3, 0.4) is 0 Å². The smallest absolute Gasteiger partial charge is 0.263 e. The van der Waals surface area contributed by atoms with Crippen LogP contribution >= 0.6 is 0 Å². The van der Waals surface area contributed by atoms with Gasteiger partial charge in [0.05, 0.1) is 36.3 Å². The molecule has 0 saturated heterocycles. The first-order valence-corrected chi connectivity index (χ1v) is 10.9. The summed E-state index contributed by atoms with van der Waals surface area (Å²) in [5.41, 5.74) is 4.65. The molecule has 9 nitrogen and oxygen atoms in total. The van der Waals surface area contributed by atoms with Crippen molar-refractivity contribution in [2.24, 2.45) is 14.1 Å². The molecule has 0 atom stereocenters. The van der Waals surface area contributed by atoms with Crippen molar-refractivity contribution >= 4 is 26.6 Å². The van der Waals surface area contributed by atoms with Crippen LogP contribution in [0, 0.1) is 0 Å². The Bertz CT molecular complexity index is 1360. The summed E-state index contributed by atoms with van der Waals surface area (Å²) >= 11 is 0. The topological polar surface area (TPSA) is 104 Å². The summed E-state index contributed by atoms with van der Waals surface area (Å²) in [5, 5.41) is 9.61. The van der Waals surface area contributed by atoms with Gasteiger partial charge in [0.2, 0.25) is 0 Å². The average molecular weight is 424 g/mol. The van der Waals surface area contributed by atoms with Crippen LogP contribution in [-0.4, -0.2) is 39.6 Å². The van der Waals surface area contributed by atoms with Crippen molar-refractivity contribution in [3.05, 3.63) is 54.0 Å². The summed E-state index contributed by atoms with van der Waals surface area (Å²) in [6.45, 7) is 1.15. The lowest BCUT2D eigenvalue weighted by Crippen LogP contribution is -2.14. The Kier molecular flexibility index (Phi) is 4.33. The second-order valence-corrected chi connectivity index (χ2v) is 8.88. The van der Waals surface area contributed by atoms with Gasteiger partial charge in [0, 0.05) is 43.4 Å². The molecule has 1 aromatic carbocycles. The number of benzene rings is 1. The van der Waals surface area contributed by atoms with Crippen molar-refractivity contribution in [3.63, 3.8) is 0 Å². The van der Waals surface area contributed by atoms with Crippen molar-refractivity contribution in [2.75, 3.05) is 11.3 Å². The number of ether oxygens (including phenoxy) is 1. The normalized spacial score (nSPS) is 14.1. The van der Waals surface area contributed by atoms with Gasteiger partial charge in [0.25, 0.3) is 10.0 Å². The fourth-order valence-corrected chi connectivity index (χ4v) is 4.83. The van der Waals surface area contributed by atoms with Crippen molar-refractivity contribution in [2.45, 2.75) is 17.9 Å². The number of nitrogens with zero attached hydrogens (tertiary/aromatic N) is 5. The van der Waals surface area contributed by atoms with E-state index >= 15 is 0 Å². The van der Waals surface area contributed by atoms with Gasteiger partial charge in [-0.05, 0) is 18.2 Å². The molecule has 4 aromatic rings. The first-order chi connectivity index (χ1) is 14.4. The summed E-state index contributed by atoms with van der Waals surface area (Å²) in [6.07, 6.45) is 3.85. The zero-order valence-electron chi connectivity index (χ0n) is 16.5. The predicted octanol–water partition coefficient (Wildman–Crippen LogP) is 2.24. The third kappa shape index (κ3) is 3.04. The van der Waals surface area contributed by atoms with Crippen LogP contribution in [0.4, 0.5) is 5.69 Å². The number of hydrogen-bond acceptors (Lipinski definition) is 6. The standard InChI is InChI=1S/C20H20N6O3S/c1-25-18-8-9-29-12-15(18)19(23-25)16-7-6-14(11-21-16)30(27,28)24-17-5-3-4-13-10-22-26(2)20(13)17/h3-7,10-11,24H,8-9,12H2,1-2H3. The lowest BCUT2D eigenvalue weighted by Gasteiger charge is -2.13. The molecule has 0 radical (unpaired) electrons. The molecule has 4 heterocycles. The van der Waals surface area contributed by atoms with Gasteiger partial charge in [-0.3, -0.25) is 19.1 Å². The van der Waals surface area contributed by atoms with Crippen LogP contribution in [-0.2, 0) is 41.9 Å². The molecule has 1 N–H and O–H groups in total. The highest BCUT2D eigenvalue weighted by Crippen LogP contribution is 2.29. The van der Waals surface area contributed by atoms with Gasteiger partial charge in [-0.15, -0.1) is 0 Å². The second kappa shape index (κ2) is 6.92. The molecular weight excluding hydrogens is 404 g/mol. The van der Waals surface area contributed by atoms with E-state index in [1.54, 1.807) is 42.2 Å². The number of rotatable bonds is 4. The fraction of sp³-hybridized carbons (Fsp3) is 0.250. The molecule has 30 heavy (non-hydrogen) atoms. The van der Waals surface area contributed by atoms with E-state index in [0.29, 0.717) is 30.1 Å². The van der Waals surface area contributed by atoms with E-state index < -0.39 is 10.0 Å². The Morgan fingerprint density at radius 3 is 2.77 bits per heavy atom. The van der Waals surface area contributed by atoms with Crippen LogP contribution in [0.5, 0.6) is 0 Å². The lowest BCUT2D eigenvalue weighted by molar-refractivity contribution is 0.109. The highest BCUT2D eigenvalue weighted by atomic mass is 32.2. The number of nitrogens with one attached hydrogen (secondary N) is 1. The van der Waals surface area contributed by atoms with E-state index in [-0.39, 0.29) is 4.90 Å². The number of para-hydroxylation sites is 1. The average Bonchev–Trinajstić information content (AvgIpc) is 3.29. The zero-order valence-corrected chi connectivity index (χ0v) is 17.3. The Labute approximate surface area is 173 Å². The molecule has 0 aliphatic carbocycles. The molecule has 0 saturated carbocycles. The van der Waals surface area contributed by atoms with Crippen molar-refractivity contribution < 1.29 is 13.2 Å². The maximum Gasteiger partial charge on any atom is 0.263 e. The van der Waals surface area contributed by atoms with Gasteiger partial charge >= 0.3 is 0 Å². The minimum atomic E-state index is -3.81. The summed E-state index contributed by atoms with van der Waals surface area (Å²) in [5.74, 6) is 0. The molecule has 0 bridgehead atoms. The SMILES string of the molecule is Cn1nc(-c2ccc(S(=O)(=O)Nc3cccc4cnn(C)c34)cn2)c2c1CCOC2. The Hall–Kier alpha value is -3.24. The molecule has 0 spiro atoms. The maximum absolute atomic E-state index is 12.9. The zero-order chi connectivity index (χ0) is 20.9. The van der Waals surface area contributed by atoms with Crippen LogP contribution in [0.2, 0.25) is 0 Å². The Morgan fingerprint density at radius 2 is 1.97 bits per heavy atom. The number of pyridine rings is 1. The third-order valence-electron chi connectivity index (χ3n) is 5.30. The Balaban J connectivity index is 1.47. The molecule has 1 aliphatic heterocycles. The first-order valence-electron chi connectivity index (χ1n) is 9.46. The number of sulfonamides is 1. The highest BCUT2D eigenvalue weighted by Gasteiger charge is 2.23. The lowest BCUT2D eigenvalue weighted by atomic mass is 10.1. The van der Waals surface area contributed by atoms with Gasteiger partial charge in [0.15, 0.2) is 0 Å². The van der Waals surface area contributed by atoms with Gasteiger partial charge in [0.1, 0.15) is 10.6 Å². The van der Waals surface area contributed by atoms with Gasteiger partial charge in [-0.1, -0.05) is 12.1 Å². The molecule has 3 aromatic heterocycles. The van der Waals surface area contributed by atoms with E-state index in [1.807, 2.05) is 17.8 Å². The monoisotopic (exact) mass is 424 g/mol. The second-order valence-electron chi connectivity index (χ2n) is 7.20. The molecule has 154 valence electrons. The molecule has 10 heteroatoms. The quantitative estimate of drug-likeness (QED) is 0.539. The van der Waals surface area contributed by atoms with Gasteiger partial charge in [-0.2, -0.15) is 10.2 Å². The summed E-state index contributed by atoms with van der Waals surface area (Å²) in [6, 6.07) is 8.60. The largest absolute Gasteiger partial charge is 0.376 e. The summed E-state index contributed by atoms with van der Waals surface area (Å²) in [4.78, 5) is 4.46. The van der Waals surface area contributed by atoms with Crippen molar-refractivity contribution in [1.29, 1.82) is 0 Å². The molecule has 0 unspecified atom stereocenters. The van der Waals surface area contributed by atoms with Crippen LogP contribution in [0.15, 0.2) is 47.6 Å². The molecule has 5 rings (SSSR count). The van der Waals surface area contributed by atoms with E-state index in [1.165, 1.54) is 6.20 Å². The van der Waals surface area contributed by atoms with E-state index in [4.69, 9.17) is 4.74 Å². The van der Waals surface area contributed by atoms with Crippen molar-refractivity contribution in [1.82, 2.24) is 24.5 Å². The number of aromatic nitrogens is 5. The van der Waals surface area contributed by atoms with Crippen molar-refractivity contribution in [3.8, 4) is 11.4 Å². The van der Waals surface area contributed by atoms with Gasteiger partial charge < -0.3 is 4.74 Å². The molecular formula is C20H20N6O3S. The number of hydrogen-bond donors (Lipinski definition) is 1. The summed E-state index contributed by atoms with van der Waals surface area (Å²) in [7, 11) is -0.145. The van der Waals surface area contributed by atoms with Gasteiger partial charge in [-0.25, -0.2) is 8.42 Å². The Morgan fingerprint density at radius 1 is 1.10 bits per heavy atom. The number of fused-ring (bicyclic) bond motifs is 2. The molecule has 0 fully saturated rings. The summed E-state index contributed by atoms with van der Waals surface area (Å²) < 4.78 is 37.6. The minimum absolute atomic E-state index is 0.0754. The number of anilines is 1.